The average Bonchev–Trinajstić information content (AvgIpc) is 2.64. The number of amides is 1. The van der Waals surface area contributed by atoms with Gasteiger partial charge in [-0.15, -0.1) is 0 Å². The molecule has 0 aromatic heterocycles. The number of carbonyl (C=O) groups is 1. The summed E-state index contributed by atoms with van der Waals surface area (Å²) in [6.07, 6.45) is 7.07. The smallest absolute Gasteiger partial charge is 0.241 e. The molecule has 18 heavy (non-hydrogen) atoms. The van der Waals surface area contributed by atoms with E-state index in [9.17, 15) is 13.2 Å². The van der Waals surface area contributed by atoms with Crippen LogP contribution in [0.25, 0.3) is 0 Å². The van der Waals surface area contributed by atoms with Crippen LogP contribution in [0.2, 0.25) is 0 Å². The Morgan fingerprint density at radius 2 is 1.61 bits per heavy atom. The van der Waals surface area contributed by atoms with Crippen LogP contribution in [0.3, 0.4) is 0 Å². The molecule has 2 fully saturated rings. The maximum absolute atomic E-state index is 12.4. The Kier molecular flexibility index (Phi) is 4.27. The molecule has 104 valence electrons. The van der Waals surface area contributed by atoms with Crippen LogP contribution in [0.5, 0.6) is 0 Å². The minimum absolute atomic E-state index is 0.0137. The number of nitrogens with zero attached hydrogens (tertiary/aromatic N) is 2. The minimum atomic E-state index is -3.26. The van der Waals surface area contributed by atoms with E-state index in [0.717, 1.165) is 32.4 Å². The van der Waals surface area contributed by atoms with E-state index in [1.165, 1.54) is 23.4 Å². The van der Waals surface area contributed by atoms with Gasteiger partial charge in [-0.3, -0.25) is 4.79 Å². The highest BCUT2D eigenvalue weighted by molar-refractivity contribution is 7.88. The standard InChI is InChI=1S/C12H22N2O3S/c1-18(16,17)14-10-6-7-11(14)12(15)13-8-4-2-3-5-9-13/h11H,2-10H2,1H3. The van der Waals surface area contributed by atoms with Crippen LogP contribution in [0.4, 0.5) is 0 Å². The lowest BCUT2D eigenvalue weighted by Crippen LogP contribution is -2.47. The van der Waals surface area contributed by atoms with Gasteiger partial charge in [0.1, 0.15) is 6.04 Å². The number of carbonyl (C=O) groups excluding carboxylic acids is 1. The zero-order valence-electron chi connectivity index (χ0n) is 11.0. The van der Waals surface area contributed by atoms with Crippen LogP contribution in [0.15, 0.2) is 0 Å². The van der Waals surface area contributed by atoms with Gasteiger partial charge in [0.15, 0.2) is 0 Å². The zero-order valence-corrected chi connectivity index (χ0v) is 11.8. The topological polar surface area (TPSA) is 57.7 Å². The lowest BCUT2D eigenvalue weighted by Gasteiger charge is -2.28. The second-order valence-corrected chi connectivity index (χ2v) is 7.21. The molecule has 2 saturated heterocycles. The Labute approximate surface area is 109 Å². The third kappa shape index (κ3) is 3.03. The minimum Gasteiger partial charge on any atom is -0.341 e. The van der Waals surface area contributed by atoms with Crippen LogP contribution in [-0.4, -0.2) is 55.5 Å². The quantitative estimate of drug-likeness (QED) is 0.749. The highest BCUT2D eigenvalue weighted by atomic mass is 32.2. The van der Waals surface area contributed by atoms with Crippen molar-refractivity contribution in [3.8, 4) is 0 Å². The van der Waals surface area contributed by atoms with Gasteiger partial charge in [-0.05, 0) is 25.7 Å². The van der Waals surface area contributed by atoms with Crippen molar-refractivity contribution in [3.05, 3.63) is 0 Å². The van der Waals surface area contributed by atoms with E-state index in [4.69, 9.17) is 0 Å². The third-order valence-electron chi connectivity index (χ3n) is 3.83. The predicted octanol–water partition coefficient (Wildman–Crippen LogP) is 0.813. The summed E-state index contributed by atoms with van der Waals surface area (Å²) in [6, 6.07) is -0.446. The van der Waals surface area contributed by atoms with Gasteiger partial charge in [-0.25, -0.2) is 8.42 Å². The number of rotatable bonds is 2. The van der Waals surface area contributed by atoms with Crippen molar-refractivity contribution in [1.82, 2.24) is 9.21 Å². The van der Waals surface area contributed by atoms with Crippen LogP contribution < -0.4 is 0 Å². The van der Waals surface area contributed by atoms with Crippen LogP contribution in [-0.2, 0) is 14.8 Å². The van der Waals surface area contributed by atoms with Gasteiger partial charge in [0.25, 0.3) is 0 Å². The maximum atomic E-state index is 12.4. The molecule has 0 bridgehead atoms. The summed E-state index contributed by atoms with van der Waals surface area (Å²) < 4.78 is 24.7. The highest BCUT2D eigenvalue weighted by Crippen LogP contribution is 2.23. The fourth-order valence-electron chi connectivity index (χ4n) is 2.89. The van der Waals surface area contributed by atoms with Crippen molar-refractivity contribution in [2.45, 2.75) is 44.6 Å². The van der Waals surface area contributed by atoms with Gasteiger partial charge >= 0.3 is 0 Å². The van der Waals surface area contributed by atoms with Gasteiger partial charge in [0.05, 0.1) is 6.26 Å². The lowest BCUT2D eigenvalue weighted by atomic mass is 10.2. The molecule has 0 saturated carbocycles. The van der Waals surface area contributed by atoms with Crippen molar-refractivity contribution in [2.24, 2.45) is 0 Å². The van der Waals surface area contributed by atoms with E-state index >= 15 is 0 Å². The Morgan fingerprint density at radius 3 is 2.17 bits per heavy atom. The molecule has 0 radical (unpaired) electrons. The normalized spacial score (nSPS) is 27.2. The van der Waals surface area contributed by atoms with Crippen molar-refractivity contribution in [3.63, 3.8) is 0 Å². The van der Waals surface area contributed by atoms with E-state index in [2.05, 4.69) is 0 Å². The molecule has 0 spiro atoms. The fourth-order valence-corrected chi connectivity index (χ4v) is 4.00. The van der Waals surface area contributed by atoms with Gasteiger partial charge in [0, 0.05) is 19.6 Å². The van der Waals surface area contributed by atoms with E-state index in [-0.39, 0.29) is 5.91 Å². The van der Waals surface area contributed by atoms with Gasteiger partial charge in [-0.1, -0.05) is 12.8 Å². The molecule has 0 N–H and O–H groups in total. The average molecular weight is 274 g/mol. The van der Waals surface area contributed by atoms with Crippen molar-refractivity contribution >= 4 is 15.9 Å². The Bertz CT molecular complexity index is 400. The molecular weight excluding hydrogens is 252 g/mol. The van der Waals surface area contributed by atoms with Crippen molar-refractivity contribution < 1.29 is 13.2 Å². The first-order valence-electron chi connectivity index (χ1n) is 6.76. The van der Waals surface area contributed by atoms with E-state index in [1.54, 1.807) is 0 Å². The molecule has 0 aromatic carbocycles. The summed E-state index contributed by atoms with van der Waals surface area (Å²) in [5.41, 5.74) is 0. The number of hydrogen-bond acceptors (Lipinski definition) is 3. The molecule has 1 amide bonds. The fraction of sp³-hybridized carbons (Fsp3) is 0.917. The zero-order chi connectivity index (χ0) is 13.2. The number of sulfonamides is 1. The van der Waals surface area contributed by atoms with Crippen LogP contribution >= 0.6 is 0 Å². The summed E-state index contributed by atoms with van der Waals surface area (Å²) in [7, 11) is -3.26. The molecule has 1 atom stereocenters. The molecule has 5 nitrogen and oxygen atoms in total. The van der Waals surface area contributed by atoms with Crippen LogP contribution in [0, 0.1) is 0 Å². The Balaban J connectivity index is 2.07. The monoisotopic (exact) mass is 274 g/mol. The lowest BCUT2D eigenvalue weighted by molar-refractivity contribution is -0.134. The molecule has 6 heteroatoms. The summed E-state index contributed by atoms with van der Waals surface area (Å²) in [5.74, 6) is 0.0137. The van der Waals surface area contributed by atoms with Crippen molar-refractivity contribution in [2.75, 3.05) is 25.9 Å². The summed E-state index contributed by atoms with van der Waals surface area (Å²) in [5, 5.41) is 0. The second kappa shape index (κ2) is 5.57. The second-order valence-electron chi connectivity index (χ2n) is 5.27. The first kappa shape index (κ1) is 13.8. The SMILES string of the molecule is CS(=O)(=O)N1CCCC1C(=O)N1CCCCCC1. The molecule has 2 rings (SSSR count). The van der Waals surface area contributed by atoms with E-state index in [1.807, 2.05) is 4.90 Å². The molecule has 1 unspecified atom stereocenters. The first-order valence-corrected chi connectivity index (χ1v) is 8.60. The molecule has 2 heterocycles. The number of hydrogen-bond donors (Lipinski definition) is 0. The number of likely N-dealkylation sites (tertiary alicyclic amines) is 1. The van der Waals surface area contributed by atoms with E-state index < -0.39 is 16.1 Å². The third-order valence-corrected chi connectivity index (χ3v) is 5.12. The molecule has 2 aliphatic rings. The molecule has 0 aromatic rings. The van der Waals surface area contributed by atoms with Crippen molar-refractivity contribution in [1.29, 1.82) is 0 Å². The highest BCUT2D eigenvalue weighted by Gasteiger charge is 2.38. The van der Waals surface area contributed by atoms with Gasteiger partial charge in [0.2, 0.25) is 15.9 Å². The summed E-state index contributed by atoms with van der Waals surface area (Å²) in [6.45, 7) is 2.06. The maximum Gasteiger partial charge on any atom is 0.241 e. The Morgan fingerprint density at radius 1 is 1.00 bits per heavy atom. The first-order chi connectivity index (χ1) is 8.50. The molecule has 2 aliphatic heterocycles. The largest absolute Gasteiger partial charge is 0.341 e. The predicted molar refractivity (Wildman–Crippen MR) is 69.6 cm³/mol. The molecule has 0 aliphatic carbocycles. The summed E-state index contributed by atoms with van der Waals surface area (Å²) in [4.78, 5) is 14.3. The van der Waals surface area contributed by atoms with E-state index in [0.29, 0.717) is 13.0 Å². The van der Waals surface area contributed by atoms with Crippen LogP contribution in [0.1, 0.15) is 38.5 Å². The Hall–Kier alpha value is -0.620. The van der Waals surface area contributed by atoms with Gasteiger partial charge in [-0.2, -0.15) is 4.31 Å². The summed E-state index contributed by atoms with van der Waals surface area (Å²) >= 11 is 0. The van der Waals surface area contributed by atoms with Gasteiger partial charge < -0.3 is 4.90 Å². The molecular formula is C12H22N2O3S.